The van der Waals surface area contributed by atoms with Gasteiger partial charge in [-0.25, -0.2) is 9.69 Å². The SMILES string of the molecule is CCCN(C(=O)OCOC(=O)C(C)N)C(=O)c1cn(C)c(C(=N)Nc2cc(C(=O)NCC)ccc2C)c1C. The molecule has 0 aliphatic carbocycles. The number of amides is 3. The number of hydrogen-bond acceptors (Lipinski definition) is 8. The van der Waals surface area contributed by atoms with E-state index in [0.29, 0.717) is 35.5 Å². The fraction of sp³-hybridized carbons (Fsp3) is 0.423. The number of aromatic nitrogens is 1. The van der Waals surface area contributed by atoms with Crippen LogP contribution >= 0.6 is 0 Å². The van der Waals surface area contributed by atoms with Crippen molar-refractivity contribution in [3.8, 4) is 0 Å². The van der Waals surface area contributed by atoms with Crippen LogP contribution in [0.15, 0.2) is 24.4 Å². The van der Waals surface area contributed by atoms with Crippen molar-refractivity contribution in [2.24, 2.45) is 12.8 Å². The van der Waals surface area contributed by atoms with Crippen LogP contribution in [-0.4, -0.2) is 65.1 Å². The van der Waals surface area contributed by atoms with Gasteiger partial charge in [0.25, 0.3) is 11.8 Å². The van der Waals surface area contributed by atoms with E-state index in [1.54, 1.807) is 43.7 Å². The van der Waals surface area contributed by atoms with Gasteiger partial charge in [0, 0.05) is 37.6 Å². The van der Waals surface area contributed by atoms with Gasteiger partial charge in [-0.3, -0.25) is 19.8 Å². The Morgan fingerprint density at radius 1 is 1.16 bits per heavy atom. The summed E-state index contributed by atoms with van der Waals surface area (Å²) in [5, 5.41) is 14.5. The summed E-state index contributed by atoms with van der Waals surface area (Å²) in [7, 11) is 1.68. The molecule has 0 saturated heterocycles. The third kappa shape index (κ3) is 7.19. The maximum absolute atomic E-state index is 13.3. The van der Waals surface area contributed by atoms with E-state index in [4.69, 9.17) is 20.6 Å². The summed E-state index contributed by atoms with van der Waals surface area (Å²) in [4.78, 5) is 50.6. The minimum Gasteiger partial charge on any atom is -0.427 e. The van der Waals surface area contributed by atoms with Crippen LogP contribution in [0.3, 0.4) is 0 Å². The number of aryl methyl sites for hydroxylation is 2. The molecule has 2 aromatic rings. The van der Waals surface area contributed by atoms with Crippen LogP contribution in [0.1, 0.15) is 64.7 Å². The van der Waals surface area contributed by atoms with Gasteiger partial charge >= 0.3 is 12.1 Å². The van der Waals surface area contributed by atoms with Gasteiger partial charge in [-0.15, -0.1) is 0 Å². The molecular weight excluding hydrogens is 492 g/mol. The van der Waals surface area contributed by atoms with Crippen LogP contribution in [-0.2, 0) is 21.3 Å². The molecule has 0 bridgehead atoms. The lowest BCUT2D eigenvalue weighted by atomic mass is 10.1. The van der Waals surface area contributed by atoms with Gasteiger partial charge in [0.1, 0.15) is 11.9 Å². The van der Waals surface area contributed by atoms with E-state index in [-0.39, 0.29) is 23.9 Å². The number of nitrogens with two attached hydrogens (primary N) is 1. The third-order valence-electron chi connectivity index (χ3n) is 5.67. The van der Waals surface area contributed by atoms with E-state index in [1.807, 2.05) is 13.8 Å². The number of benzene rings is 1. The van der Waals surface area contributed by atoms with Crippen LogP contribution in [0.25, 0.3) is 0 Å². The first-order valence-corrected chi connectivity index (χ1v) is 12.2. The van der Waals surface area contributed by atoms with Crippen LogP contribution in [0.2, 0.25) is 0 Å². The average Bonchev–Trinajstić information content (AvgIpc) is 3.16. The summed E-state index contributed by atoms with van der Waals surface area (Å²) < 4.78 is 11.3. The predicted octanol–water partition coefficient (Wildman–Crippen LogP) is 2.67. The number of carbonyl (C=O) groups excluding carboxylic acids is 4. The summed E-state index contributed by atoms with van der Waals surface area (Å²) >= 11 is 0. The lowest BCUT2D eigenvalue weighted by Gasteiger charge is -2.20. The number of nitrogens with zero attached hydrogens (tertiary/aromatic N) is 2. The Balaban J connectivity index is 2.26. The second-order valence-corrected chi connectivity index (χ2v) is 8.75. The summed E-state index contributed by atoms with van der Waals surface area (Å²) in [6, 6.07) is 4.28. The Morgan fingerprint density at radius 2 is 1.84 bits per heavy atom. The number of imide groups is 1. The maximum atomic E-state index is 13.3. The van der Waals surface area contributed by atoms with Crippen molar-refractivity contribution in [2.45, 2.75) is 47.1 Å². The first-order valence-electron chi connectivity index (χ1n) is 12.2. The average molecular weight is 529 g/mol. The van der Waals surface area contributed by atoms with Crippen molar-refractivity contribution in [3.63, 3.8) is 0 Å². The molecule has 1 heterocycles. The van der Waals surface area contributed by atoms with E-state index >= 15 is 0 Å². The van der Waals surface area contributed by atoms with E-state index in [2.05, 4.69) is 10.6 Å². The number of rotatable bonds is 10. The Labute approximate surface area is 222 Å². The molecule has 0 spiro atoms. The molecule has 0 aliphatic rings. The molecule has 0 saturated carbocycles. The standard InChI is InChI=1S/C26H36N6O6/c1-7-11-32(26(36)38-14-37-25(35)17(5)27)24(34)19-13-31(6)21(16(19)4)22(28)30-20-12-18(10-9-15(20)3)23(33)29-8-2/h9-10,12-13,17H,7-8,11,14,27H2,1-6H3,(H2,28,30)(H,29,33). The first-order chi connectivity index (χ1) is 17.9. The fourth-order valence-corrected chi connectivity index (χ4v) is 3.67. The molecule has 0 aliphatic heterocycles. The normalized spacial score (nSPS) is 11.3. The van der Waals surface area contributed by atoms with Crippen molar-refractivity contribution in [1.29, 1.82) is 5.41 Å². The molecule has 12 heteroatoms. The van der Waals surface area contributed by atoms with Gasteiger partial charge in [-0.2, -0.15) is 0 Å². The van der Waals surface area contributed by atoms with Gasteiger partial charge in [-0.05, 0) is 57.4 Å². The molecular formula is C26H36N6O6. The zero-order chi connectivity index (χ0) is 28.6. The second kappa shape index (κ2) is 13.4. The molecule has 5 N–H and O–H groups in total. The minimum absolute atomic E-state index is 0.00707. The summed E-state index contributed by atoms with van der Waals surface area (Å²) in [6.45, 7) is 8.48. The first kappa shape index (κ1) is 30.0. The van der Waals surface area contributed by atoms with Crippen LogP contribution in [0.4, 0.5) is 10.5 Å². The lowest BCUT2D eigenvalue weighted by molar-refractivity contribution is -0.153. The highest BCUT2D eigenvalue weighted by Crippen LogP contribution is 2.22. The smallest absolute Gasteiger partial charge is 0.419 e. The molecule has 2 rings (SSSR count). The zero-order valence-electron chi connectivity index (χ0n) is 22.6. The minimum atomic E-state index is -0.967. The summed E-state index contributed by atoms with van der Waals surface area (Å²) in [5.41, 5.74) is 8.37. The number of esters is 1. The summed E-state index contributed by atoms with van der Waals surface area (Å²) in [5.74, 6) is -1.57. The summed E-state index contributed by atoms with van der Waals surface area (Å²) in [6.07, 6.45) is 1.04. The zero-order valence-corrected chi connectivity index (χ0v) is 22.6. The van der Waals surface area contributed by atoms with Gasteiger partial charge in [0.2, 0.25) is 6.79 Å². The van der Waals surface area contributed by atoms with Crippen LogP contribution in [0, 0.1) is 19.3 Å². The van der Waals surface area contributed by atoms with Gasteiger partial charge in [0.05, 0.1) is 11.3 Å². The molecule has 206 valence electrons. The lowest BCUT2D eigenvalue weighted by Crippen LogP contribution is -2.39. The van der Waals surface area contributed by atoms with Gasteiger partial charge in [-0.1, -0.05) is 13.0 Å². The fourth-order valence-electron chi connectivity index (χ4n) is 3.67. The second-order valence-electron chi connectivity index (χ2n) is 8.75. The van der Waals surface area contributed by atoms with Crippen molar-refractivity contribution >= 4 is 35.4 Å². The van der Waals surface area contributed by atoms with E-state index in [1.165, 1.54) is 13.1 Å². The molecule has 1 aromatic carbocycles. The Kier molecular flexibility index (Phi) is 10.6. The van der Waals surface area contributed by atoms with E-state index in [0.717, 1.165) is 10.5 Å². The topological polar surface area (TPSA) is 169 Å². The highest BCUT2D eigenvalue weighted by molar-refractivity contribution is 6.11. The van der Waals surface area contributed by atoms with Gasteiger partial charge < -0.3 is 30.4 Å². The largest absolute Gasteiger partial charge is 0.427 e. The molecule has 0 radical (unpaired) electrons. The van der Waals surface area contributed by atoms with Crippen molar-refractivity contribution in [2.75, 3.05) is 25.2 Å². The highest BCUT2D eigenvalue weighted by atomic mass is 16.7. The molecule has 12 nitrogen and oxygen atoms in total. The highest BCUT2D eigenvalue weighted by Gasteiger charge is 2.28. The molecule has 0 fully saturated rings. The Bertz CT molecular complexity index is 1220. The van der Waals surface area contributed by atoms with Crippen LogP contribution in [0.5, 0.6) is 0 Å². The maximum Gasteiger partial charge on any atom is 0.419 e. The number of ether oxygens (including phenoxy) is 2. The quantitative estimate of drug-likeness (QED) is 0.158. The number of carbonyl (C=O) groups is 4. The molecule has 38 heavy (non-hydrogen) atoms. The molecule has 3 amide bonds. The van der Waals surface area contributed by atoms with Crippen molar-refractivity contribution in [1.82, 2.24) is 14.8 Å². The third-order valence-corrected chi connectivity index (χ3v) is 5.67. The predicted molar refractivity (Wildman–Crippen MR) is 142 cm³/mol. The van der Waals surface area contributed by atoms with Gasteiger partial charge in [0.15, 0.2) is 0 Å². The molecule has 1 unspecified atom stereocenters. The van der Waals surface area contributed by atoms with E-state index in [9.17, 15) is 19.2 Å². The Hall–Kier alpha value is -4.19. The van der Waals surface area contributed by atoms with Crippen molar-refractivity contribution in [3.05, 3.63) is 52.3 Å². The van der Waals surface area contributed by atoms with Crippen molar-refractivity contribution < 1.29 is 28.7 Å². The number of hydrogen-bond donors (Lipinski definition) is 4. The Morgan fingerprint density at radius 3 is 2.45 bits per heavy atom. The number of anilines is 1. The monoisotopic (exact) mass is 528 g/mol. The molecule has 1 atom stereocenters. The number of amidine groups is 1. The molecule has 1 aromatic heterocycles. The van der Waals surface area contributed by atoms with E-state index < -0.39 is 30.8 Å². The number of nitrogens with one attached hydrogen (secondary N) is 3. The van der Waals surface area contributed by atoms with Crippen LogP contribution < -0.4 is 16.4 Å².